The number of imide groups is 1. The van der Waals surface area contributed by atoms with E-state index in [0.29, 0.717) is 23.1 Å². The van der Waals surface area contributed by atoms with Gasteiger partial charge in [-0.2, -0.15) is 5.26 Å². The maximum atomic E-state index is 12.5. The van der Waals surface area contributed by atoms with Crippen molar-refractivity contribution in [3.63, 3.8) is 0 Å². The van der Waals surface area contributed by atoms with Gasteiger partial charge in [0.25, 0.3) is 11.8 Å². The van der Waals surface area contributed by atoms with Gasteiger partial charge in [0.05, 0.1) is 24.4 Å². The molecular formula is C23H17N5O2. The molecule has 2 N–H and O–H groups in total. The van der Waals surface area contributed by atoms with Crippen LogP contribution in [0.5, 0.6) is 0 Å². The van der Waals surface area contributed by atoms with Gasteiger partial charge < -0.3 is 9.88 Å². The molecule has 0 bridgehead atoms. The topological polar surface area (TPSA) is 99.8 Å². The zero-order chi connectivity index (χ0) is 20.9. The standard InChI is InChI=1S/C23H17N5O2/c24-9-7-16-1-4-18(5-2-16)26-14-21-20-13-17(8-11-28-12-10-25-15-28)3-6-19(20)22(29)27-23(21)30/h1-6,8,10-15,26H,7H2,(H,27,29,30)/b11-8+,21-14-. The summed E-state index contributed by atoms with van der Waals surface area (Å²) in [5.74, 6) is -0.880. The second-order valence-corrected chi connectivity index (χ2v) is 6.65. The van der Waals surface area contributed by atoms with Crippen LogP contribution in [0.2, 0.25) is 0 Å². The number of hydrogen-bond acceptors (Lipinski definition) is 5. The van der Waals surface area contributed by atoms with E-state index in [1.165, 1.54) is 0 Å². The fourth-order valence-corrected chi connectivity index (χ4v) is 3.09. The Labute approximate surface area is 173 Å². The molecule has 0 atom stereocenters. The Morgan fingerprint density at radius 1 is 1.10 bits per heavy atom. The van der Waals surface area contributed by atoms with E-state index in [1.807, 2.05) is 54.9 Å². The fourth-order valence-electron chi connectivity index (χ4n) is 3.09. The van der Waals surface area contributed by atoms with Crippen molar-refractivity contribution in [1.82, 2.24) is 14.9 Å². The van der Waals surface area contributed by atoms with E-state index in [-0.39, 0.29) is 0 Å². The predicted octanol–water partition coefficient (Wildman–Crippen LogP) is 3.30. The summed E-state index contributed by atoms with van der Waals surface area (Å²) >= 11 is 0. The third-order valence-electron chi connectivity index (χ3n) is 4.63. The predicted molar refractivity (Wildman–Crippen MR) is 114 cm³/mol. The second kappa shape index (κ2) is 8.29. The summed E-state index contributed by atoms with van der Waals surface area (Å²) < 4.78 is 1.80. The molecule has 0 radical (unpaired) electrons. The maximum Gasteiger partial charge on any atom is 0.260 e. The van der Waals surface area contributed by atoms with Gasteiger partial charge in [0, 0.05) is 41.6 Å². The zero-order valence-electron chi connectivity index (χ0n) is 15.9. The molecule has 4 rings (SSSR count). The number of imidazole rings is 1. The van der Waals surface area contributed by atoms with E-state index in [0.717, 1.165) is 16.8 Å². The van der Waals surface area contributed by atoms with Gasteiger partial charge in [0.1, 0.15) is 0 Å². The van der Waals surface area contributed by atoms with Crippen molar-refractivity contribution in [1.29, 1.82) is 5.26 Å². The first kappa shape index (κ1) is 18.9. The summed E-state index contributed by atoms with van der Waals surface area (Å²) in [5.41, 5.74) is 3.89. The summed E-state index contributed by atoms with van der Waals surface area (Å²) in [5, 5.41) is 14.2. The van der Waals surface area contributed by atoms with E-state index in [2.05, 4.69) is 21.7 Å². The van der Waals surface area contributed by atoms with Crippen molar-refractivity contribution >= 4 is 35.4 Å². The molecule has 2 heterocycles. The number of fused-ring (bicyclic) bond motifs is 1. The minimum atomic E-state index is -0.461. The first-order valence-electron chi connectivity index (χ1n) is 9.22. The Kier molecular flexibility index (Phi) is 5.22. The van der Waals surface area contributed by atoms with Crippen LogP contribution >= 0.6 is 0 Å². The molecule has 0 aliphatic carbocycles. The van der Waals surface area contributed by atoms with Crippen LogP contribution in [0.15, 0.2) is 67.4 Å². The summed E-state index contributed by atoms with van der Waals surface area (Å²) in [6.45, 7) is 0. The van der Waals surface area contributed by atoms with Gasteiger partial charge in [-0.3, -0.25) is 14.9 Å². The van der Waals surface area contributed by atoms with E-state index < -0.39 is 11.8 Å². The molecule has 0 unspecified atom stereocenters. The average molecular weight is 395 g/mol. The van der Waals surface area contributed by atoms with Crippen LogP contribution in [-0.4, -0.2) is 21.4 Å². The Bertz CT molecular complexity index is 1200. The first-order chi connectivity index (χ1) is 14.6. The highest BCUT2D eigenvalue weighted by Crippen LogP contribution is 2.26. The van der Waals surface area contributed by atoms with Crippen molar-refractivity contribution in [2.24, 2.45) is 0 Å². The van der Waals surface area contributed by atoms with Crippen LogP contribution < -0.4 is 10.6 Å². The summed E-state index contributed by atoms with van der Waals surface area (Å²) in [6.07, 6.45) is 10.8. The average Bonchev–Trinajstić information content (AvgIpc) is 3.27. The monoisotopic (exact) mass is 395 g/mol. The Hall–Kier alpha value is -4.44. The number of nitrogens with zero attached hydrogens (tertiary/aromatic N) is 3. The van der Waals surface area contributed by atoms with Gasteiger partial charge in [-0.1, -0.05) is 18.2 Å². The van der Waals surface area contributed by atoms with Crippen LogP contribution in [0.4, 0.5) is 5.69 Å². The van der Waals surface area contributed by atoms with Crippen molar-refractivity contribution in [2.75, 3.05) is 5.32 Å². The highest BCUT2D eigenvalue weighted by molar-refractivity contribution is 6.31. The molecule has 0 spiro atoms. The molecule has 7 heteroatoms. The lowest BCUT2D eigenvalue weighted by Gasteiger charge is -2.19. The van der Waals surface area contributed by atoms with E-state index in [1.54, 1.807) is 29.4 Å². The van der Waals surface area contributed by atoms with Crippen LogP contribution in [-0.2, 0) is 11.2 Å². The van der Waals surface area contributed by atoms with Crippen LogP contribution in [0.3, 0.4) is 0 Å². The Balaban J connectivity index is 1.63. The highest BCUT2D eigenvalue weighted by Gasteiger charge is 2.27. The lowest BCUT2D eigenvalue weighted by molar-refractivity contribution is -0.114. The van der Waals surface area contributed by atoms with Crippen molar-refractivity contribution in [2.45, 2.75) is 6.42 Å². The molecule has 1 aliphatic rings. The van der Waals surface area contributed by atoms with Gasteiger partial charge >= 0.3 is 0 Å². The smallest absolute Gasteiger partial charge is 0.260 e. The van der Waals surface area contributed by atoms with Gasteiger partial charge in [-0.25, -0.2) is 4.98 Å². The molecule has 3 aromatic rings. The number of rotatable bonds is 5. The number of benzene rings is 2. The molecular weight excluding hydrogens is 378 g/mol. The minimum absolute atomic E-state index is 0.342. The summed E-state index contributed by atoms with van der Waals surface area (Å²) in [4.78, 5) is 28.7. The second-order valence-electron chi connectivity index (χ2n) is 6.65. The molecule has 0 saturated carbocycles. The number of nitriles is 1. The highest BCUT2D eigenvalue weighted by atomic mass is 16.2. The summed E-state index contributed by atoms with van der Waals surface area (Å²) in [6, 6.07) is 14.8. The van der Waals surface area contributed by atoms with E-state index in [9.17, 15) is 9.59 Å². The number of aromatic nitrogens is 2. The number of hydrogen-bond donors (Lipinski definition) is 2. The molecule has 7 nitrogen and oxygen atoms in total. The fraction of sp³-hybridized carbons (Fsp3) is 0.0435. The van der Waals surface area contributed by atoms with Gasteiger partial charge in [-0.15, -0.1) is 0 Å². The minimum Gasteiger partial charge on any atom is -0.361 e. The maximum absolute atomic E-state index is 12.5. The molecule has 1 aliphatic heterocycles. The normalized spacial score (nSPS) is 14.4. The lowest BCUT2D eigenvalue weighted by Crippen LogP contribution is -2.36. The van der Waals surface area contributed by atoms with Gasteiger partial charge in [-0.05, 0) is 41.5 Å². The first-order valence-corrected chi connectivity index (χ1v) is 9.22. The van der Waals surface area contributed by atoms with Crippen molar-refractivity contribution in [3.8, 4) is 6.07 Å². The number of amides is 2. The van der Waals surface area contributed by atoms with E-state index in [4.69, 9.17) is 5.26 Å². The molecule has 146 valence electrons. The third kappa shape index (κ3) is 4.03. The molecule has 2 aromatic carbocycles. The third-order valence-corrected chi connectivity index (χ3v) is 4.63. The number of anilines is 1. The van der Waals surface area contributed by atoms with Crippen LogP contribution in [0.25, 0.3) is 17.8 Å². The van der Waals surface area contributed by atoms with Crippen molar-refractivity contribution in [3.05, 3.63) is 89.6 Å². The molecule has 2 amide bonds. The number of nitrogens with one attached hydrogen (secondary N) is 2. The number of carbonyl (C=O) groups excluding carboxylic acids is 2. The molecule has 0 fully saturated rings. The number of carbonyl (C=O) groups is 2. The quantitative estimate of drug-likeness (QED) is 0.510. The van der Waals surface area contributed by atoms with Crippen LogP contribution in [0.1, 0.15) is 27.0 Å². The Morgan fingerprint density at radius 3 is 2.67 bits per heavy atom. The largest absolute Gasteiger partial charge is 0.361 e. The molecule has 1 aromatic heterocycles. The van der Waals surface area contributed by atoms with Crippen LogP contribution in [0, 0.1) is 11.3 Å². The lowest BCUT2D eigenvalue weighted by atomic mass is 9.93. The van der Waals surface area contributed by atoms with Crippen molar-refractivity contribution < 1.29 is 9.59 Å². The molecule has 0 saturated heterocycles. The Morgan fingerprint density at radius 2 is 1.93 bits per heavy atom. The SMILES string of the molecule is N#CCc1ccc(N/C=C2\C(=O)NC(=O)c3ccc(/C=C/n4ccnc4)cc32)cc1. The zero-order valence-corrected chi connectivity index (χ0v) is 15.9. The van der Waals surface area contributed by atoms with Gasteiger partial charge in [0.2, 0.25) is 0 Å². The van der Waals surface area contributed by atoms with Gasteiger partial charge in [0.15, 0.2) is 0 Å². The summed E-state index contributed by atoms with van der Waals surface area (Å²) in [7, 11) is 0. The molecule has 30 heavy (non-hydrogen) atoms. The van der Waals surface area contributed by atoms with E-state index >= 15 is 0 Å².